The topological polar surface area (TPSA) is 20.2 Å². The molecule has 0 bridgehead atoms. The molecule has 2 rings (SSSR count). The Bertz CT molecular complexity index is 534. The van der Waals surface area contributed by atoms with Crippen molar-refractivity contribution in [3.8, 4) is 0 Å². The Morgan fingerprint density at radius 1 is 1.22 bits per heavy atom. The Hall–Kier alpha value is -1.38. The molecule has 0 aliphatic heterocycles. The lowest BCUT2D eigenvalue weighted by atomic mass is 9.98. The molecule has 0 spiro atoms. The van der Waals surface area contributed by atoms with Crippen LogP contribution in [0.25, 0.3) is 0 Å². The number of aryl methyl sites for hydroxylation is 1. The Labute approximate surface area is 111 Å². The monoisotopic (exact) mass is 264 g/mol. The van der Waals surface area contributed by atoms with Gasteiger partial charge >= 0.3 is 0 Å². The number of halogens is 2. The van der Waals surface area contributed by atoms with Gasteiger partial charge in [0.25, 0.3) is 0 Å². The average Bonchev–Trinajstić information content (AvgIpc) is 2.38. The van der Waals surface area contributed by atoms with Crippen LogP contribution in [-0.4, -0.2) is 5.11 Å². The van der Waals surface area contributed by atoms with E-state index in [4.69, 9.17) is 11.6 Å². The lowest BCUT2D eigenvalue weighted by molar-refractivity contribution is 0.215. The van der Waals surface area contributed by atoms with Gasteiger partial charge < -0.3 is 5.11 Å². The smallest absolute Gasteiger partial charge is 0.130 e. The molecule has 1 N–H and O–H groups in total. The van der Waals surface area contributed by atoms with Crippen LogP contribution in [0.1, 0.15) is 29.7 Å². The summed E-state index contributed by atoms with van der Waals surface area (Å²) in [4.78, 5) is 0. The fourth-order valence-electron chi connectivity index (χ4n) is 1.92. The van der Waals surface area contributed by atoms with Gasteiger partial charge in [0.15, 0.2) is 0 Å². The van der Waals surface area contributed by atoms with Crippen LogP contribution in [0.15, 0.2) is 42.5 Å². The van der Waals surface area contributed by atoms with Crippen molar-refractivity contribution in [1.29, 1.82) is 0 Å². The lowest BCUT2D eigenvalue weighted by Crippen LogP contribution is -2.04. The maximum atomic E-state index is 13.7. The molecule has 0 aliphatic carbocycles. The van der Waals surface area contributed by atoms with Gasteiger partial charge in [0.05, 0.1) is 0 Å². The van der Waals surface area contributed by atoms with E-state index in [-0.39, 0.29) is 10.6 Å². The average molecular weight is 265 g/mol. The number of aliphatic hydroxyl groups excluding tert-OH is 1. The van der Waals surface area contributed by atoms with Gasteiger partial charge in [-0.05, 0) is 29.7 Å². The van der Waals surface area contributed by atoms with Gasteiger partial charge in [-0.2, -0.15) is 0 Å². The Morgan fingerprint density at radius 3 is 2.61 bits per heavy atom. The van der Waals surface area contributed by atoms with Crippen LogP contribution in [0.5, 0.6) is 0 Å². The van der Waals surface area contributed by atoms with Crippen molar-refractivity contribution in [3.63, 3.8) is 0 Å². The van der Waals surface area contributed by atoms with Gasteiger partial charge in [0.1, 0.15) is 11.9 Å². The highest BCUT2D eigenvalue weighted by Gasteiger charge is 2.18. The molecule has 1 unspecified atom stereocenters. The van der Waals surface area contributed by atoms with Gasteiger partial charge in [0.2, 0.25) is 0 Å². The fraction of sp³-hybridized carbons (Fsp3) is 0.200. The Kier molecular flexibility index (Phi) is 4.00. The van der Waals surface area contributed by atoms with E-state index in [1.807, 2.05) is 25.1 Å². The zero-order chi connectivity index (χ0) is 13.1. The molecule has 0 aromatic heterocycles. The molecule has 0 saturated carbocycles. The van der Waals surface area contributed by atoms with Crippen LogP contribution >= 0.6 is 11.6 Å². The SMILES string of the molecule is CCc1cccc(C(O)c2c(F)cccc2Cl)c1. The van der Waals surface area contributed by atoms with Crippen molar-refractivity contribution in [2.24, 2.45) is 0 Å². The van der Waals surface area contributed by atoms with Crippen molar-refractivity contribution in [1.82, 2.24) is 0 Å². The molecule has 0 saturated heterocycles. The van der Waals surface area contributed by atoms with E-state index in [2.05, 4.69) is 0 Å². The zero-order valence-electron chi connectivity index (χ0n) is 10.0. The van der Waals surface area contributed by atoms with Crippen LogP contribution < -0.4 is 0 Å². The summed E-state index contributed by atoms with van der Waals surface area (Å²) in [5.74, 6) is -0.489. The van der Waals surface area contributed by atoms with E-state index in [0.717, 1.165) is 12.0 Å². The molecule has 18 heavy (non-hydrogen) atoms. The molecule has 94 valence electrons. The maximum Gasteiger partial charge on any atom is 0.130 e. The van der Waals surface area contributed by atoms with E-state index in [0.29, 0.717) is 5.56 Å². The highest BCUT2D eigenvalue weighted by atomic mass is 35.5. The standard InChI is InChI=1S/C15H14ClFO/c1-2-10-5-3-6-11(9-10)15(18)14-12(16)7-4-8-13(14)17/h3-9,15,18H,2H2,1H3. The predicted molar refractivity (Wildman–Crippen MR) is 71.3 cm³/mol. The van der Waals surface area contributed by atoms with Gasteiger partial charge in [-0.3, -0.25) is 0 Å². The third-order valence-electron chi connectivity index (χ3n) is 2.95. The summed E-state index contributed by atoms with van der Waals surface area (Å²) in [6.45, 7) is 2.03. The van der Waals surface area contributed by atoms with Crippen molar-refractivity contribution in [3.05, 3.63) is 70.0 Å². The van der Waals surface area contributed by atoms with Gasteiger partial charge in [-0.25, -0.2) is 4.39 Å². The van der Waals surface area contributed by atoms with Gasteiger partial charge in [0, 0.05) is 10.6 Å². The number of hydrogen-bond acceptors (Lipinski definition) is 1. The molecule has 0 heterocycles. The third-order valence-corrected chi connectivity index (χ3v) is 3.28. The van der Waals surface area contributed by atoms with Crippen LogP contribution in [0.2, 0.25) is 5.02 Å². The van der Waals surface area contributed by atoms with Crippen molar-refractivity contribution in [2.75, 3.05) is 0 Å². The summed E-state index contributed by atoms with van der Waals surface area (Å²) in [6, 6.07) is 11.9. The Morgan fingerprint density at radius 2 is 1.94 bits per heavy atom. The summed E-state index contributed by atoms with van der Waals surface area (Å²) in [6.07, 6.45) is -0.170. The molecule has 2 aromatic carbocycles. The molecule has 1 nitrogen and oxygen atoms in total. The molecule has 0 amide bonds. The fourth-order valence-corrected chi connectivity index (χ4v) is 2.19. The van der Waals surface area contributed by atoms with Crippen LogP contribution in [0, 0.1) is 5.82 Å². The van der Waals surface area contributed by atoms with Gasteiger partial charge in [-0.15, -0.1) is 0 Å². The molecule has 0 fully saturated rings. The zero-order valence-corrected chi connectivity index (χ0v) is 10.8. The first-order valence-electron chi connectivity index (χ1n) is 5.84. The molecule has 1 atom stereocenters. The van der Waals surface area contributed by atoms with E-state index in [1.54, 1.807) is 12.1 Å². The normalized spacial score (nSPS) is 12.4. The summed E-state index contributed by atoms with van der Waals surface area (Å²) in [5.41, 5.74) is 1.88. The first-order chi connectivity index (χ1) is 8.63. The minimum Gasteiger partial charge on any atom is -0.383 e. The minimum atomic E-state index is -1.04. The highest BCUT2D eigenvalue weighted by molar-refractivity contribution is 6.31. The molecule has 3 heteroatoms. The van der Waals surface area contributed by atoms with Crippen molar-refractivity contribution < 1.29 is 9.50 Å². The predicted octanol–water partition coefficient (Wildman–Crippen LogP) is 4.12. The summed E-state index contributed by atoms with van der Waals surface area (Å²) in [5, 5.41) is 10.5. The van der Waals surface area contributed by atoms with E-state index < -0.39 is 11.9 Å². The molecule has 0 aliphatic rings. The summed E-state index contributed by atoms with van der Waals surface area (Å²) in [7, 11) is 0. The quantitative estimate of drug-likeness (QED) is 0.884. The van der Waals surface area contributed by atoms with Crippen LogP contribution in [0.3, 0.4) is 0 Å². The van der Waals surface area contributed by atoms with E-state index >= 15 is 0 Å². The van der Waals surface area contributed by atoms with Crippen LogP contribution in [-0.2, 0) is 6.42 Å². The van der Waals surface area contributed by atoms with E-state index in [9.17, 15) is 9.50 Å². The molecule has 2 aromatic rings. The second-order valence-electron chi connectivity index (χ2n) is 4.14. The number of hydrogen-bond donors (Lipinski definition) is 1. The first-order valence-corrected chi connectivity index (χ1v) is 6.22. The number of aliphatic hydroxyl groups is 1. The first kappa shape index (κ1) is 13.1. The Balaban J connectivity index is 2.44. The summed E-state index contributed by atoms with van der Waals surface area (Å²) >= 11 is 5.95. The van der Waals surface area contributed by atoms with Crippen molar-refractivity contribution >= 4 is 11.6 Å². The number of rotatable bonds is 3. The number of benzene rings is 2. The van der Waals surface area contributed by atoms with Crippen LogP contribution in [0.4, 0.5) is 4.39 Å². The largest absolute Gasteiger partial charge is 0.383 e. The van der Waals surface area contributed by atoms with Crippen molar-refractivity contribution in [2.45, 2.75) is 19.4 Å². The maximum absolute atomic E-state index is 13.7. The second kappa shape index (κ2) is 5.51. The van der Waals surface area contributed by atoms with E-state index in [1.165, 1.54) is 12.1 Å². The molecular formula is C15H14ClFO. The minimum absolute atomic E-state index is 0.132. The lowest BCUT2D eigenvalue weighted by Gasteiger charge is -2.14. The third kappa shape index (κ3) is 2.55. The molecule has 0 radical (unpaired) electrons. The van der Waals surface area contributed by atoms with Gasteiger partial charge in [-0.1, -0.05) is 48.9 Å². The molecular weight excluding hydrogens is 251 g/mol. The highest BCUT2D eigenvalue weighted by Crippen LogP contribution is 2.30. The summed E-state index contributed by atoms with van der Waals surface area (Å²) < 4.78 is 13.7. The second-order valence-corrected chi connectivity index (χ2v) is 4.54.